The molecule has 1 aromatic heterocycles. The number of hydrogen-bond acceptors (Lipinski definition) is 4. The van der Waals surface area contributed by atoms with Crippen molar-refractivity contribution in [3.8, 4) is 0 Å². The van der Waals surface area contributed by atoms with Crippen molar-refractivity contribution in [1.29, 1.82) is 0 Å². The zero-order chi connectivity index (χ0) is 13.5. The maximum absolute atomic E-state index is 11.3. The van der Waals surface area contributed by atoms with Gasteiger partial charge in [0.15, 0.2) is 0 Å². The highest BCUT2D eigenvalue weighted by Crippen LogP contribution is 2.16. The second-order valence-electron chi connectivity index (χ2n) is 3.62. The standard InChI is InChI=1S/C12H15N3O3/c1-13-10(16)8-15(2)12-9(4-3-7-14-12)5-6-11(17)18/h3-7H,8H2,1-2H3,(H,13,16)(H,17,18)/b6-5+. The van der Waals surface area contributed by atoms with E-state index in [1.807, 2.05) is 0 Å². The van der Waals surface area contributed by atoms with E-state index in [4.69, 9.17) is 5.11 Å². The Bertz CT molecular complexity index is 471. The molecule has 0 spiro atoms. The van der Waals surface area contributed by atoms with E-state index in [2.05, 4.69) is 10.3 Å². The Morgan fingerprint density at radius 1 is 1.56 bits per heavy atom. The van der Waals surface area contributed by atoms with Crippen LogP contribution in [0.4, 0.5) is 5.82 Å². The van der Waals surface area contributed by atoms with Gasteiger partial charge in [0.2, 0.25) is 5.91 Å². The molecular formula is C12H15N3O3. The maximum atomic E-state index is 11.3. The molecule has 0 fully saturated rings. The smallest absolute Gasteiger partial charge is 0.328 e. The molecule has 0 radical (unpaired) electrons. The fraction of sp³-hybridized carbons (Fsp3) is 0.250. The zero-order valence-corrected chi connectivity index (χ0v) is 10.3. The molecule has 0 aliphatic rings. The summed E-state index contributed by atoms with van der Waals surface area (Å²) in [6.45, 7) is 0.154. The number of carbonyl (C=O) groups excluding carboxylic acids is 1. The van der Waals surface area contributed by atoms with Gasteiger partial charge < -0.3 is 15.3 Å². The summed E-state index contributed by atoms with van der Waals surface area (Å²) < 4.78 is 0. The van der Waals surface area contributed by atoms with Crippen LogP contribution in [-0.2, 0) is 9.59 Å². The highest BCUT2D eigenvalue weighted by Gasteiger charge is 2.10. The topological polar surface area (TPSA) is 82.5 Å². The number of carboxylic acids is 1. The van der Waals surface area contributed by atoms with E-state index in [-0.39, 0.29) is 12.5 Å². The third kappa shape index (κ3) is 3.89. The molecule has 1 aromatic rings. The lowest BCUT2D eigenvalue weighted by Gasteiger charge is -2.18. The SMILES string of the molecule is CNC(=O)CN(C)c1ncccc1/C=C/C(=O)O. The van der Waals surface area contributed by atoms with Crippen molar-refractivity contribution in [2.45, 2.75) is 0 Å². The van der Waals surface area contributed by atoms with Gasteiger partial charge in [-0.1, -0.05) is 0 Å². The van der Waals surface area contributed by atoms with E-state index in [0.29, 0.717) is 11.4 Å². The van der Waals surface area contributed by atoms with Crippen LogP contribution in [0, 0.1) is 0 Å². The van der Waals surface area contributed by atoms with Crippen LogP contribution in [0.3, 0.4) is 0 Å². The highest BCUT2D eigenvalue weighted by molar-refractivity contribution is 5.87. The Hall–Kier alpha value is -2.37. The van der Waals surface area contributed by atoms with Gasteiger partial charge in [-0.2, -0.15) is 0 Å². The van der Waals surface area contributed by atoms with Crippen molar-refractivity contribution in [3.63, 3.8) is 0 Å². The van der Waals surface area contributed by atoms with Crippen molar-refractivity contribution < 1.29 is 14.7 Å². The van der Waals surface area contributed by atoms with Crippen molar-refractivity contribution in [2.75, 3.05) is 25.5 Å². The van der Waals surface area contributed by atoms with Crippen LogP contribution in [0.15, 0.2) is 24.4 Å². The fourth-order valence-electron chi connectivity index (χ4n) is 1.39. The second kappa shape index (κ2) is 6.39. The first-order valence-electron chi connectivity index (χ1n) is 5.32. The van der Waals surface area contributed by atoms with Gasteiger partial charge in [-0.15, -0.1) is 0 Å². The molecule has 0 bridgehead atoms. The molecule has 0 saturated carbocycles. The molecule has 1 rings (SSSR count). The van der Waals surface area contributed by atoms with E-state index in [9.17, 15) is 9.59 Å². The average Bonchev–Trinajstić information content (AvgIpc) is 2.36. The molecule has 0 aromatic carbocycles. The fourth-order valence-corrected chi connectivity index (χ4v) is 1.39. The normalized spacial score (nSPS) is 10.3. The summed E-state index contributed by atoms with van der Waals surface area (Å²) in [5.41, 5.74) is 0.645. The van der Waals surface area contributed by atoms with Crippen molar-refractivity contribution in [1.82, 2.24) is 10.3 Å². The lowest BCUT2D eigenvalue weighted by Crippen LogP contribution is -2.33. The van der Waals surface area contributed by atoms with Crippen LogP contribution in [0.1, 0.15) is 5.56 Å². The van der Waals surface area contributed by atoms with Gasteiger partial charge >= 0.3 is 5.97 Å². The first kappa shape index (κ1) is 13.7. The Morgan fingerprint density at radius 2 is 2.28 bits per heavy atom. The van der Waals surface area contributed by atoms with Crippen molar-refractivity contribution >= 4 is 23.8 Å². The number of rotatable bonds is 5. The molecule has 2 N–H and O–H groups in total. The third-order valence-corrected chi connectivity index (χ3v) is 2.24. The molecule has 0 aliphatic carbocycles. The van der Waals surface area contributed by atoms with E-state index in [0.717, 1.165) is 6.08 Å². The number of pyridine rings is 1. The number of aromatic nitrogens is 1. The minimum atomic E-state index is -1.03. The number of aliphatic carboxylic acids is 1. The third-order valence-electron chi connectivity index (χ3n) is 2.24. The molecule has 1 amide bonds. The molecule has 0 atom stereocenters. The van der Waals surface area contributed by atoms with Gasteiger partial charge in [-0.3, -0.25) is 4.79 Å². The second-order valence-corrected chi connectivity index (χ2v) is 3.62. The number of anilines is 1. The Labute approximate surface area is 105 Å². The van der Waals surface area contributed by atoms with E-state index in [1.54, 1.807) is 37.3 Å². The molecular weight excluding hydrogens is 234 g/mol. The first-order chi connectivity index (χ1) is 8.54. The van der Waals surface area contributed by atoms with E-state index >= 15 is 0 Å². The van der Waals surface area contributed by atoms with Crippen molar-refractivity contribution in [3.05, 3.63) is 30.0 Å². The largest absolute Gasteiger partial charge is 0.478 e. The minimum absolute atomic E-state index is 0.142. The zero-order valence-electron chi connectivity index (χ0n) is 10.3. The first-order valence-corrected chi connectivity index (χ1v) is 5.32. The quantitative estimate of drug-likeness (QED) is 0.736. The summed E-state index contributed by atoms with van der Waals surface area (Å²) in [6.07, 6.45) is 4.08. The minimum Gasteiger partial charge on any atom is -0.478 e. The number of carboxylic acid groups (broad SMARTS) is 1. The van der Waals surface area contributed by atoms with Gasteiger partial charge in [0.25, 0.3) is 0 Å². The molecule has 6 nitrogen and oxygen atoms in total. The average molecular weight is 249 g/mol. The lowest BCUT2D eigenvalue weighted by molar-refractivity contribution is -0.131. The van der Waals surface area contributed by atoms with Crippen molar-refractivity contribution in [2.24, 2.45) is 0 Å². The van der Waals surface area contributed by atoms with Crippen LogP contribution < -0.4 is 10.2 Å². The van der Waals surface area contributed by atoms with Crippen LogP contribution in [0.25, 0.3) is 6.08 Å². The molecule has 0 saturated heterocycles. The Morgan fingerprint density at radius 3 is 2.89 bits per heavy atom. The molecule has 18 heavy (non-hydrogen) atoms. The number of amides is 1. The predicted molar refractivity (Wildman–Crippen MR) is 68.2 cm³/mol. The number of nitrogens with one attached hydrogen (secondary N) is 1. The van der Waals surface area contributed by atoms with Gasteiger partial charge in [-0.05, 0) is 18.2 Å². The van der Waals surface area contributed by atoms with Gasteiger partial charge in [0.1, 0.15) is 5.82 Å². The molecule has 0 unspecified atom stereocenters. The van der Waals surface area contributed by atoms with Gasteiger partial charge in [-0.25, -0.2) is 9.78 Å². The predicted octanol–water partition coefficient (Wildman–Crippen LogP) is 0.362. The van der Waals surface area contributed by atoms with Crippen LogP contribution in [0.5, 0.6) is 0 Å². The summed E-state index contributed by atoms with van der Waals surface area (Å²) in [5, 5.41) is 11.1. The number of nitrogens with zero attached hydrogens (tertiary/aromatic N) is 2. The lowest BCUT2D eigenvalue weighted by atomic mass is 10.2. The molecule has 96 valence electrons. The van der Waals surface area contributed by atoms with Crippen LogP contribution in [0.2, 0.25) is 0 Å². The summed E-state index contributed by atoms with van der Waals surface area (Å²) >= 11 is 0. The Kier molecular flexibility index (Phi) is 4.86. The monoisotopic (exact) mass is 249 g/mol. The van der Waals surface area contributed by atoms with Crippen LogP contribution >= 0.6 is 0 Å². The van der Waals surface area contributed by atoms with Gasteiger partial charge in [0, 0.05) is 31.9 Å². The van der Waals surface area contributed by atoms with Gasteiger partial charge in [0.05, 0.1) is 6.54 Å². The highest BCUT2D eigenvalue weighted by atomic mass is 16.4. The van der Waals surface area contributed by atoms with Crippen LogP contribution in [-0.4, -0.2) is 42.6 Å². The number of likely N-dealkylation sites (N-methyl/N-ethyl adjacent to an activating group) is 2. The summed E-state index contributed by atoms with van der Waals surface area (Å²) in [4.78, 5) is 27.6. The number of carbonyl (C=O) groups is 2. The molecule has 6 heteroatoms. The number of hydrogen-bond donors (Lipinski definition) is 2. The Balaban J connectivity index is 2.94. The maximum Gasteiger partial charge on any atom is 0.328 e. The summed E-state index contributed by atoms with van der Waals surface area (Å²) in [5.74, 6) is -0.617. The van der Waals surface area contributed by atoms with E-state index < -0.39 is 5.97 Å². The summed E-state index contributed by atoms with van der Waals surface area (Å²) in [7, 11) is 3.27. The molecule has 1 heterocycles. The summed E-state index contributed by atoms with van der Waals surface area (Å²) in [6, 6.07) is 3.45. The van der Waals surface area contributed by atoms with E-state index in [1.165, 1.54) is 6.08 Å². The molecule has 0 aliphatic heterocycles.